The molecule has 0 fully saturated rings. The van der Waals surface area contributed by atoms with Crippen LogP contribution in [-0.4, -0.2) is 9.79 Å². The van der Waals surface area contributed by atoms with E-state index in [1.165, 1.54) is 6.07 Å². The van der Waals surface area contributed by atoms with E-state index in [0.717, 1.165) is 11.1 Å². The maximum absolute atomic E-state index is 10.7. The van der Waals surface area contributed by atoms with Crippen LogP contribution in [0, 0.1) is 0 Å². The van der Waals surface area contributed by atoms with E-state index in [0.29, 0.717) is 0 Å². The quantitative estimate of drug-likeness (QED) is 0.822. The molecule has 2 aromatic carbocycles. The summed E-state index contributed by atoms with van der Waals surface area (Å²) in [5.41, 5.74) is 1.81. The van der Waals surface area contributed by atoms with Crippen LogP contribution in [0.15, 0.2) is 54.6 Å². The van der Waals surface area contributed by atoms with Crippen molar-refractivity contribution in [3.05, 3.63) is 54.6 Å². The number of phosphoric ester groups is 1. The van der Waals surface area contributed by atoms with Gasteiger partial charge in [-0.3, -0.25) is 9.79 Å². The van der Waals surface area contributed by atoms with Gasteiger partial charge in [-0.05, 0) is 23.3 Å². The van der Waals surface area contributed by atoms with Gasteiger partial charge in [-0.25, -0.2) is 4.57 Å². The zero-order valence-electron chi connectivity index (χ0n) is 8.85. The number of phosphoric acid groups is 1. The summed E-state index contributed by atoms with van der Waals surface area (Å²) in [5, 5.41) is 0. The zero-order valence-corrected chi connectivity index (χ0v) is 9.75. The predicted octanol–water partition coefficient (Wildman–Crippen LogP) is 2.83. The number of hydrogen-bond donors (Lipinski definition) is 2. The summed E-state index contributed by atoms with van der Waals surface area (Å²) in [5.74, 6) is 0.152. The van der Waals surface area contributed by atoms with E-state index < -0.39 is 7.82 Å². The Morgan fingerprint density at radius 2 is 1.53 bits per heavy atom. The van der Waals surface area contributed by atoms with Crippen LogP contribution in [0.2, 0.25) is 0 Å². The minimum Gasteiger partial charge on any atom is -0.404 e. The molecule has 0 aliphatic carbocycles. The minimum absolute atomic E-state index is 0.152. The summed E-state index contributed by atoms with van der Waals surface area (Å²) in [4.78, 5) is 17.4. The van der Waals surface area contributed by atoms with Crippen LogP contribution in [0.1, 0.15) is 0 Å². The van der Waals surface area contributed by atoms with E-state index in [1.54, 1.807) is 12.1 Å². The Balaban J connectivity index is 2.32. The molecule has 0 saturated carbocycles. The molecule has 0 aliphatic rings. The second-order valence-electron chi connectivity index (χ2n) is 3.48. The molecule has 5 heteroatoms. The normalized spacial score (nSPS) is 11.2. The van der Waals surface area contributed by atoms with E-state index in [4.69, 9.17) is 9.79 Å². The van der Waals surface area contributed by atoms with Gasteiger partial charge in [-0.2, -0.15) is 0 Å². The summed E-state index contributed by atoms with van der Waals surface area (Å²) in [6.45, 7) is 0. The van der Waals surface area contributed by atoms with Gasteiger partial charge in [0.2, 0.25) is 0 Å². The van der Waals surface area contributed by atoms with Gasteiger partial charge in [-0.1, -0.05) is 42.5 Å². The first-order valence-electron chi connectivity index (χ1n) is 4.95. The lowest BCUT2D eigenvalue weighted by molar-refractivity contribution is 0.283. The number of hydrogen-bond acceptors (Lipinski definition) is 2. The highest BCUT2D eigenvalue weighted by atomic mass is 31.2. The van der Waals surface area contributed by atoms with Gasteiger partial charge < -0.3 is 4.52 Å². The molecule has 2 N–H and O–H groups in total. The molecule has 0 unspecified atom stereocenters. The predicted molar refractivity (Wildman–Crippen MR) is 64.6 cm³/mol. The summed E-state index contributed by atoms with van der Waals surface area (Å²) < 4.78 is 15.3. The van der Waals surface area contributed by atoms with Crippen LogP contribution in [0.5, 0.6) is 5.75 Å². The summed E-state index contributed by atoms with van der Waals surface area (Å²) in [7, 11) is -4.50. The van der Waals surface area contributed by atoms with Crippen molar-refractivity contribution in [3.8, 4) is 16.9 Å². The highest BCUT2D eigenvalue weighted by Gasteiger charge is 2.15. The van der Waals surface area contributed by atoms with E-state index in [1.807, 2.05) is 36.4 Å². The Morgan fingerprint density at radius 3 is 2.18 bits per heavy atom. The van der Waals surface area contributed by atoms with Gasteiger partial charge in [0.05, 0.1) is 0 Å². The van der Waals surface area contributed by atoms with Crippen LogP contribution >= 0.6 is 7.82 Å². The van der Waals surface area contributed by atoms with Crippen molar-refractivity contribution in [1.82, 2.24) is 0 Å². The number of benzene rings is 2. The molecule has 0 bridgehead atoms. The van der Waals surface area contributed by atoms with Crippen molar-refractivity contribution in [2.24, 2.45) is 0 Å². The van der Waals surface area contributed by atoms with Crippen molar-refractivity contribution in [1.29, 1.82) is 0 Å². The standard InChI is InChI=1S/C12H11O4P/c13-17(14,15)16-12-8-4-7-11(9-12)10-5-2-1-3-6-10/h1-9H,(H2,13,14,15). The Hall–Kier alpha value is -1.61. The Morgan fingerprint density at radius 1 is 0.882 bits per heavy atom. The first-order chi connectivity index (χ1) is 8.04. The minimum atomic E-state index is -4.50. The van der Waals surface area contributed by atoms with Crippen molar-refractivity contribution >= 4 is 7.82 Å². The largest absolute Gasteiger partial charge is 0.524 e. The Labute approximate surface area is 98.7 Å². The molecule has 0 radical (unpaired) electrons. The van der Waals surface area contributed by atoms with Crippen LogP contribution in [0.3, 0.4) is 0 Å². The molecule has 0 saturated heterocycles. The first kappa shape index (κ1) is 11.9. The maximum atomic E-state index is 10.7. The van der Waals surface area contributed by atoms with Crippen molar-refractivity contribution < 1.29 is 18.9 Å². The van der Waals surface area contributed by atoms with Gasteiger partial charge in [0.15, 0.2) is 0 Å². The van der Waals surface area contributed by atoms with Gasteiger partial charge in [0.1, 0.15) is 5.75 Å². The second-order valence-corrected chi connectivity index (χ2v) is 4.64. The number of rotatable bonds is 3. The second kappa shape index (κ2) is 4.72. The van der Waals surface area contributed by atoms with Crippen molar-refractivity contribution in [2.45, 2.75) is 0 Å². The Bertz CT molecular complexity index is 547. The summed E-state index contributed by atoms with van der Waals surface area (Å²) in [6.07, 6.45) is 0. The molecule has 0 heterocycles. The van der Waals surface area contributed by atoms with Gasteiger partial charge in [-0.15, -0.1) is 0 Å². The molecule has 17 heavy (non-hydrogen) atoms. The molecular weight excluding hydrogens is 239 g/mol. The topological polar surface area (TPSA) is 66.8 Å². The zero-order chi connectivity index (χ0) is 12.3. The third kappa shape index (κ3) is 3.43. The molecular formula is C12H11O4P. The highest BCUT2D eigenvalue weighted by Crippen LogP contribution is 2.38. The highest BCUT2D eigenvalue weighted by molar-refractivity contribution is 7.46. The smallest absolute Gasteiger partial charge is 0.404 e. The monoisotopic (exact) mass is 250 g/mol. The molecule has 0 aromatic heterocycles. The third-order valence-corrected chi connectivity index (χ3v) is 2.61. The molecule has 0 amide bonds. The molecule has 88 valence electrons. The lowest BCUT2D eigenvalue weighted by Crippen LogP contribution is -1.90. The summed E-state index contributed by atoms with van der Waals surface area (Å²) in [6, 6.07) is 16.2. The van der Waals surface area contributed by atoms with Gasteiger partial charge in [0, 0.05) is 0 Å². The van der Waals surface area contributed by atoms with Crippen LogP contribution < -0.4 is 4.52 Å². The average molecular weight is 250 g/mol. The van der Waals surface area contributed by atoms with Crippen LogP contribution in [0.25, 0.3) is 11.1 Å². The SMILES string of the molecule is O=P(O)(O)Oc1cccc(-c2ccccc2)c1. The van der Waals surface area contributed by atoms with E-state index in [2.05, 4.69) is 4.52 Å². The maximum Gasteiger partial charge on any atom is 0.524 e. The molecule has 0 spiro atoms. The fraction of sp³-hybridized carbons (Fsp3) is 0. The van der Waals surface area contributed by atoms with Crippen molar-refractivity contribution in [2.75, 3.05) is 0 Å². The lowest BCUT2D eigenvalue weighted by atomic mass is 10.1. The van der Waals surface area contributed by atoms with Crippen LogP contribution in [-0.2, 0) is 4.57 Å². The average Bonchev–Trinajstić information content (AvgIpc) is 2.28. The fourth-order valence-corrected chi connectivity index (χ4v) is 1.89. The summed E-state index contributed by atoms with van der Waals surface area (Å²) >= 11 is 0. The molecule has 2 rings (SSSR count). The van der Waals surface area contributed by atoms with Gasteiger partial charge in [0.25, 0.3) is 0 Å². The lowest BCUT2D eigenvalue weighted by Gasteiger charge is -2.08. The molecule has 0 atom stereocenters. The molecule has 2 aromatic rings. The van der Waals surface area contributed by atoms with Crippen molar-refractivity contribution in [3.63, 3.8) is 0 Å². The molecule has 0 aliphatic heterocycles. The molecule has 4 nitrogen and oxygen atoms in total. The third-order valence-electron chi connectivity index (χ3n) is 2.17. The van der Waals surface area contributed by atoms with E-state index in [9.17, 15) is 4.57 Å². The van der Waals surface area contributed by atoms with E-state index in [-0.39, 0.29) is 5.75 Å². The Kier molecular flexibility index (Phi) is 3.29. The van der Waals surface area contributed by atoms with Crippen LogP contribution in [0.4, 0.5) is 0 Å². The van der Waals surface area contributed by atoms with E-state index >= 15 is 0 Å². The van der Waals surface area contributed by atoms with Gasteiger partial charge >= 0.3 is 7.82 Å². The first-order valence-corrected chi connectivity index (χ1v) is 6.48. The fourth-order valence-electron chi connectivity index (χ4n) is 1.50.